The second-order valence-electron chi connectivity index (χ2n) is 7.99. The van der Waals surface area contributed by atoms with Gasteiger partial charge in [-0.25, -0.2) is 4.98 Å². The van der Waals surface area contributed by atoms with Crippen molar-refractivity contribution in [3.63, 3.8) is 0 Å². The Morgan fingerprint density at radius 1 is 1.17 bits per heavy atom. The molecule has 1 saturated heterocycles. The van der Waals surface area contributed by atoms with Crippen molar-refractivity contribution in [2.45, 2.75) is 19.4 Å². The van der Waals surface area contributed by atoms with Gasteiger partial charge in [-0.05, 0) is 36.8 Å². The molecule has 1 unspecified atom stereocenters. The van der Waals surface area contributed by atoms with Crippen LogP contribution in [0.3, 0.4) is 0 Å². The van der Waals surface area contributed by atoms with Crippen LogP contribution in [0.4, 0.5) is 0 Å². The molecule has 3 N–H and O–H groups in total. The van der Waals surface area contributed by atoms with Gasteiger partial charge < -0.3 is 20.4 Å². The Kier molecular flexibility index (Phi) is 4.75. The first-order chi connectivity index (χ1) is 14.6. The number of hydrogen-bond donors (Lipinski definition) is 3. The van der Waals surface area contributed by atoms with E-state index in [9.17, 15) is 9.59 Å². The Labute approximate surface area is 174 Å². The number of pyridine rings is 1. The number of benzene rings is 1. The van der Waals surface area contributed by atoms with Gasteiger partial charge in [0.15, 0.2) is 0 Å². The smallest absolute Gasteiger partial charge is 0.269 e. The van der Waals surface area contributed by atoms with Crippen molar-refractivity contribution in [2.75, 3.05) is 19.8 Å². The highest BCUT2D eigenvalue weighted by Crippen LogP contribution is 2.44. The normalized spacial score (nSPS) is 22.0. The molecular weight excluding hydrogens is 380 g/mol. The van der Waals surface area contributed by atoms with Gasteiger partial charge in [0.05, 0.1) is 13.2 Å². The molecule has 2 fully saturated rings. The topological polar surface area (TPSA) is 96.1 Å². The number of amides is 2. The summed E-state index contributed by atoms with van der Waals surface area (Å²) in [4.78, 5) is 33.1. The van der Waals surface area contributed by atoms with E-state index in [1.54, 1.807) is 12.1 Å². The molecule has 1 saturated carbocycles. The van der Waals surface area contributed by atoms with Gasteiger partial charge in [0.25, 0.3) is 11.8 Å². The molecule has 3 heterocycles. The van der Waals surface area contributed by atoms with Gasteiger partial charge >= 0.3 is 0 Å². The maximum atomic E-state index is 12.9. The minimum atomic E-state index is -0.273. The van der Waals surface area contributed by atoms with Gasteiger partial charge in [-0.15, -0.1) is 0 Å². The predicted molar refractivity (Wildman–Crippen MR) is 112 cm³/mol. The minimum Gasteiger partial charge on any atom is -0.381 e. The lowest BCUT2D eigenvalue weighted by atomic mass is 10.0. The molecule has 3 aromatic rings. The number of nitrogens with one attached hydrogen (secondary N) is 3. The number of hydrogen-bond acceptors (Lipinski definition) is 4. The fourth-order valence-electron chi connectivity index (χ4n) is 4.37. The fraction of sp³-hybridized carbons (Fsp3) is 0.348. The standard InChI is InChI=1S/C23H24N4O3/c1-2-24-23(29)20-10-14(22(28)27-21-17-11-30-12-18(17)21)9-15(26-20)8-13-4-3-5-19-16(13)6-7-25-19/h3-7,9-10,17-18,21,25H,2,8,11-12H2,1H3,(H,24,29)(H,27,28)/t17-,18+,21?. The second kappa shape index (κ2) is 7.57. The molecule has 2 aromatic heterocycles. The van der Waals surface area contributed by atoms with E-state index in [2.05, 4.69) is 20.6 Å². The highest BCUT2D eigenvalue weighted by Gasteiger charge is 2.54. The number of fused-ring (bicyclic) bond motifs is 2. The maximum absolute atomic E-state index is 12.9. The molecule has 0 bridgehead atoms. The number of carbonyl (C=O) groups excluding carboxylic acids is 2. The molecule has 7 nitrogen and oxygen atoms in total. The van der Waals surface area contributed by atoms with Crippen LogP contribution in [0, 0.1) is 11.8 Å². The predicted octanol–water partition coefficient (Wildman–Crippen LogP) is 2.28. The molecular formula is C23H24N4O3. The molecule has 7 heteroatoms. The third-order valence-electron chi connectivity index (χ3n) is 6.02. The van der Waals surface area contributed by atoms with Gasteiger partial charge in [-0.3, -0.25) is 9.59 Å². The van der Waals surface area contributed by atoms with E-state index in [0.717, 1.165) is 16.5 Å². The number of carbonyl (C=O) groups is 2. The van der Waals surface area contributed by atoms with Crippen LogP contribution < -0.4 is 10.6 Å². The molecule has 1 aliphatic carbocycles. The molecule has 5 rings (SSSR count). The minimum absolute atomic E-state index is 0.163. The Hall–Kier alpha value is -3.19. The van der Waals surface area contributed by atoms with E-state index >= 15 is 0 Å². The Balaban J connectivity index is 1.44. The molecule has 2 aliphatic rings. The van der Waals surface area contributed by atoms with Crippen molar-refractivity contribution in [2.24, 2.45) is 11.8 Å². The average molecular weight is 404 g/mol. The highest BCUT2D eigenvalue weighted by atomic mass is 16.5. The summed E-state index contributed by atoms with van der Waals surface area (Å²) >= 11 is 0. The van der Waals surface area contributed by atoms with Crippen molar-refractivity contribution in [3.8, 4) is 0 Å². The van der Waals surface area contributed by atoms with E-state index in [4.69, 9.17) is 4.74 Å². The fourth-order valence-corrected chi connectivity index (χ4v) is 4.37. The summed E-state index contributed by atoms with van der Waals surface area (Å²) in [6.45, 7) is 3.78. The summed E-state index contributed by atoms with van der Waals surface area (Å²) in [6.07, 6.45) is 2.44. The van der Waals surface area contributed by atoms with Crippen molar-refractivity contribution in [1.82, 2.24) is 20.6 Å². The summed E-state index contributed by atoms with van der Waals surface area (Å²) in [5, 5.41) is 6.99. The van der Waals surface area contributed by atoms with Crippen LogP contribution in [0.2, 0.25) is 0 Å². The second-order valence-corrected chi connectivity index (χ2v) is 7.99. The van der Waals surface area contributed by atoms with Crippen LogP contribution in [0.15, 0.2) is 42.6 Å². The first kappa shape index (κ1) is 18.8. The number of ether oxygens (including phenoxy) is 1. The Morgan fingerprint density at radius 3 is 2.80 bits per heavy atom. The van der Waals surface area contributed by atoms with E-state index < -0.39 is 0 Å². The van der Waals surface area contributed by atoms with Crippen LogP contribution >= 0.6 is 0 Å². The largest absolute Gasteiger partial charge is 0.381 e. The summed E-state index contributed by atoms with van der Waals surface area (Å²) in [5.41, 5.74) is 3.56. The van der Waals surface area contributed by atoms with Gasteiger partial charge in [0.1, 0.15) is 5.69 Å². The molecule has 1 aliphatic heterocycles. The lowest BCUT2D eigenvalue weighted by Crippen LogP contribution is -2.31. The molecule has 0 spiro atoms. The van der Waals surface area contributed by atoms with Crippen molar-refractivity contribution in [3.05, 3.63) is 65.1 Å². The van der Waals surface area contributed by atoms with E-state index in [1.807, 2.05) is 37.4 Å². The van der Waals surface area contributed by atoms with Crippen LogP contribution in [0.5, 0.6) is 0 Å². The maximum Gasteiger partial charge on any atom is 0.269 e. The van der Waals surface area contributed by atoms with Gasteiger partial charge in [0.2, 0.25) is 0 Å². The molecule has 3 atom stereocenters. The van der Waals surface area contributed by atoms with Crippen molar-refractivity contribution < 1.29 is 14.3 Å². The van der Waals surface area contributed by atoms with Gasteiger partial charge in [-0.2, -0.15) is 0 Å². The van der Waals surface area contributed by atoms with E-state index in [1.165, 1.54) is 0 Å². The lowest BCUT2D eigenvalue weighted by molar-refractivity contribution is 0.0928. The van der Waals surface area contributed by atoms with Gasteiger partial charge in [-0.1, -0.05) is 12.1 Å². The lowest BCUT2D eigenvalue weighted by Gasteiger charge is -2.11. The average Bonchev–Trinajstić information content (AvgIpc) is 3.13. The quantitative estimate of drug-likeness (QED) is 0.587. The van der Waals surface area contributed by atoms with Crippen LogP contribution in [0.25, 0.3) is 10.9 Å². The zero-order valence-corrected chi connectivity index (χ0v) is 16.8. The van der Waals surface area contributed by atoms with Gasteiger partial charge in [0, 0.05) is 59.2 Å². The van der Waals surface area contributed by atoms with Crippen molar-refractivity contribution >= 4 is 22.7 Å². The molecule has 2 amide bonds. The molecule has 154 valence electrons. The Morgan fingerprint density at radius 2 is 2.00 bits per heavy atom. The van der Waals surface area contributed by atoms with Crippen LogP contribution in [-0.2, 0) is 11.2 Å². The summed E-state index contributed by atoms with van der Waals surface area (Å²) in [7, 11) is 0. The SMILES string of the molecule is CCNC(=O)c1cc(C(=O)NC2[C@H]3COC[C@@H]23)cc(Cc2cccc3[nH]ccc23)n1. The van der Waals surface area contributed by atoms with Crippen LogP contribution in [-0.4, -0.2) is 47.6 Å². The first-order valence-corrected chi connectivity index (χ1v) is 10.4. The monoisotopic (exact) mass is 404 g/mol. The van der Waals surface area contributed by atoms with Crippen molar-refractivity contribution in [1.29, 1.82) is 0 Å². The number of aromatic nitrogens is 2. The third-order valence-corrected chi connectivity index (χ3v) is 6.02. The molecule has 30 heavy (non-hydrogen) atoms. The van der Waals surface area contributed by atoms with E-state index in [-0.39, 0.29) is 23.6 Å². The number of aromatic amines is 1. The van der Waals surface area contributed by atoms with Crippen LogP contribution in [0.1, 0.15) is 39.0 Å². The molecule has 1 aromatic carbocycles. The zero-order valence-electron chi connectivity index (χ0n) is 16.8. The number of H-pyrrole nitrogens is 1. The third kappa shape index (κ3) is 3.45. The number of rotatable bonds is 6. The number of nitrogens with zero attached hydrogens (tertiary/aromatic N) is 1. The zero-order chi connectivity index (χ0) is 20.7. The highest BCUT2D eigenvalue weighted by molar-refractivity contribution is 5.99. The van der Waals surface area contributed by atoms with E-state index in [0.29, 0.717) is 49.3 Å². The summed E-state index contributed by atoms with van der Waals surface area (Å²) in [6, 6.07) is 11.6. The Bertz CT molecular complexity index is 1110. The first-order valence-electron chi connectivity index (χ1n) is 10.4. The summed E-state index contributed by atoms with van der Waals surface area (Å²) < 4.78 is 5.40. The molecule has 0 radical (unpaired) electrons. The summed E-state index contributed by atoms with van der Waals surface area (Å²) in [5.74, 6) is 0.405.